The summed E-state index contributed by atoms with van der Waals surface area (Å²) >= 11 is 1.50. The third-order valence-electron chi connectivity index (χ3n) is 4.19. The van der Waals surface area contributed by atoms with E-state index in [-0.39, 0.29) is 0 Å². The van der Waals surface area contributed by atoms with Gasteiger partial charge in [0.15, 0.2) is 0 Å². The Morgan fingerprint density at radius 3 is 2.69 bits per heavy atom. The van der Waals surface area contributed by atoms with Crippen LogP contribution in [0.5, 0.6) is 5.75 Å². The molecule has 26 heavy (non-hydrogen) atoms. The Balaban J connectivity index is 1.38. The van der Waals surface area contributed by atoms with E-state index in [0.29, 0.717) is 17.7 Å². The molecule has 2 heterocycles. The second-order valence-corrected chi connectivity index (χ2v) is 7.09. The first-order chi connectivity index (χ1) is 12.7. The first-order valence-corrected chi connectivity index (χ1v) is 9.43. The molecule has 6 heteroatoms. The lowest BCUT2D eigenvalue weighted by atomic mass is 10.1. The van der Waals surface area contributed by atoms with Crippen LogP contribution in [0.1, 0.15) is 11.1 Å². The van der Waals surface area contributed by atoms with E-state index < -0.39 is 0 Å². The van der Waals surface area contributed by atoms with Crippen LogP contribution in [0.2, 0.25) is 0 Å². The number of aryl methyl sites for hydroxylation is 2. The average Bonchev–Trinajstić information content (AvgIpc) is 3.27. The van der Waals surface area contributed by atoms with Gasteiger partial charge in [-0.3, -0.25) is 0 Å². The van der Waals surface area contributed by atoms with Gasteiger partial charge < -0.3 is 14.1 Å². The quantitative estimate of drug-likeness (QED) is 0.384. The molecule has 0 fully saturated rings. The fourth-order valence-corrected chi connectivity index (χ4v) is 3.50. The summed E-state index contributed by atoms with van der Waals surface area (Å²) in [5, 5.41) is 9.94. The number of hydrogen-bond acceptors (Lipinski definition) is 5. The SMILES string of the molecule is Cc1cccc(C)c1OCCSc1nnc(-c2c[nH]c3ccccc23)o1. The fraction of sp³-hybridized carbons (Fsp3) is 0.200. The van der Waals surface area contributed by atoms with E-state index in [2.05, 4.69) is 41.2 Å². The number of ether oxygens (including phenoxy) is 1. The number of rotatable bonds is 6. The number of hydrogen-bond donors (Lipinski definition) is 1. The normalized spacial score (nSPS) is 11.2. The fourth-order valence-electron chi connectivity index (χ4n) is 2.92. The molecule has 1 N–H and O–H groups in total. The summed E-state index contributed by atoms with van der Waals surface area (Å²) < 4.78 is 11.7. The molecule has 4 aromatic rings. The maximum atomic E-state index is 5.91. The van der Waals surface area contributed by atoms with Crippen molar-refractivity contribution < 1.29 is 9.15 Å². The lowest BCUT2D eigenvalue weighted by molar-refractivity contribution is 0.338. The number of thioether (sulfide) groups is 1. The molecule has 2 aromatic heterocycles. The Morgan fingerprint density at radius 2 is 1.85 bits per heavy atom. The Kier molecular flexibility index (Phi) is 4.67. The molecule has 4 rings (SSSR count). The van der Waals surface area contributed by atoms with E-state index in [4.69, 9.17) is 9.15 Å². The van der Waals surface area contributed by atoms with Crippen LogP contribution in [0, 0.1) is 13.8 Å². The summed E-state index contributed by atoms with van der Waals surface area (Å²) in [5.41, 5.74) is 4.27. The first kappa shape index (κ1) is 16.7. The van der Waals surface area contributed by atoms with Gasteiger partial charge in [-0.05, 0) is 31.0 Å². The van der Waals surface area contributed by atoms with E-state index in [9.17, 15) is 0 Å². The van der Waals surface area contributed by atoms with Gasteiger partial charge in [-0.1, -0.05) is 48.2 Å². The molecule has 2 aromatic carbocycles. The maximum Gasteiger partial charge on any atom is 0.276 e. The van der Waals surface area contributed by atoms with Crippen molar-refractivity contribution in [3.8, 4) is 17.2 Å². The minimum Gasteiger partial charge on any atom is -0.492 e. The highest BCUT2D eigenvalue weighted by Crippen LogP contribution is 2.29. The van der Waals surface area contributed by atoms with E-state index in [1.807, 2.05) is 36.5 Å². The zero-order valence-electron chi connectivity index (χ0n) is 14.7. The summed E-state index contributed by atoms with van der Waals surface area (Å²) in [7, 11) is 0. The van der Waals surface area contributed by atoms with Crippen LogP contribution in [-0.4, -0.2) is 27.5 Å². The van der Waals surface area contributed by atoms with E-state index >= 15 is 0 Å². The zero-order chi connectivity index (χ0) is 17.9. The Hall–Kier alpha value is -2.73. The van der Waals surface area contributed by atoms with Crippen LogP contribution in [-0.2, 0) is 0 Å². The van der Waals surface area contributed by atoms with Gasteiger partial charge in [0.2, 0.25) is 0 Å². The minimum atomic E-state index is 0.528. The van der Waals surface area contributed by atoms with Crippen molar-refractivity contribution in [1.29, 1.82) is 0 Å². The molecule has 0 aliphatic rings. The minimum absolute atomic E-state index is 0.528. The Bertz CT molecular complexity index is 1020. The summed E-state index contributed by atoms with van der Waals surface area (Å²) in [6, 6.07) is 14.2. The second kappa shape index (κ2) is 7.25. The summed E-state index contributed by atoms with van der Waals surface area (Å²) in [6.45, 7) is 4.70. The summed E-state index contributed by atoms with van der Waals surface area (Å²) in [5.74, 6) is 2.22. The van der Waals surface area contributed by atoms with Crippen LogP contribution >= 0.6 is 11.8 Å². The molecule has 0 aliphatic carbocycles. The number of H-pyrrole nitrogens is 1. The first-order valence-electron chi connectivity index (χ1n) is 8.44. The second-order valence-electron chi connectivity index (χ2n) is 6.04. The highest BCUT2D eigenvalue weighted by Gasteiger charge is 2.13. The van der Waals surface area contributed by atoms with Crippen molar-refractivity contribution in [3.05, 3.63) is 59.8 Å². The van der Waals surface area contributed by atoms with Gasteiger partial charge in [-0.2, -0.15) is 0 Å². The van der Waals surface area contributed by atoms with Crippen LogP contribution in [0.25, 0.3) is 22.4 Å². The predicted octanol–water partition coefficient (Wildman–Crippen LogP) is 5.01. The van der Waals surface area contributed by atoms with Crippen molar-refractivity contribution in [2.45, 2.75) is 19.1 Å². The van der Waals surface area contributed by atoms with Gasteiger partial charge in [-0.15, -0.1) is 10.2 Å². The lowest BCUT2D eigenvalue weighted by Gasteiger charge is -2.10. The number of nitrogens with one attached hydrogen (secondary N) is 1. The van der Waals surface area contributed by atoms with Crippen molar-refractivity contribution in [2.75, 3.05) is 12.4 Å². The molecule has 0 bridgehead atoms. The number of benzene rings is 2. The third kappa shape index (κ3) is 3.32. The van der Waals surface area contributed by atoms with Crippen LogP contribution in [0.4, 0.5) is 0 Å². The molecule has 0 saturated carbocycles. The number of fused-ring (bicyclic) bond motifs is 1. The molecule has 0 unspecified atom stereocenters. The standard InChI is InChI=1S/C20H19N3O2S/c1-13-6-5-7-14(2)18(13)24-10-11-26-20-23-22-19(25-20)16-12-21-17-9-4-3-8-15(16)17/h3-9,12,21H,10-11H2,1-2H3. The maximum absolute atomic E-state index is 5.91. The molecule has 0 atom stereocenters. The van der Waals surface area contributed by atoms with Gasteiger partial charge in [0.25, 0.3) is 11.1 Å². The number of para-hydroxylation sites is 2. The molecule has 0 saturated heterocycles. The number of aromatic amines is 1. The molecule has 0 amide bonds. The van der Waals surface area contributed by atoms with E-state index in [0.717, 1.165) is 39.1 Å². The number of nitrogens with zero attached hydrogens (tertiary/aromatic N) is 2. The largest absolute Gasteiger partial charge is 0.492 e. The summed E-state index contributed by atoms with van der Waals surface area (Å²) in [6.07, 6.45) is 1.90. The van der Waals surface area contributed by atoms with E-state index in [1.54, 1.807) is 0 Å². The highest BCUT2D eigenvalue weighted by molar-refractivity contribution is 7.99. The van der Waals surface area contributed by atoms with Gasteiger partial charge in [0.1, 0.15) is 5.75 Å². The van der Waals surface area contributed by atoms with Crippen molar-refractivity contribution in [2.24, 2.45) is 0 Å². The molecule has 0 spiro atoms. The van der Waals surface area contributed by atoms with Crippen molar-refractivity contribution in [1.82, 2.24) is 15.2 Å². The van der Waals surface area contributed by atoms with Gasteiger partial charge in [0, 0.05) is 22.9 Å². The molecule has 132 valence electrons. The van der Waals surface area contributed by atoms with Crippen LogP contribution < -0.4 is 4.74 Å². The molecule has 0 radical (unpaired) electrons. The van der Waals surface area contributed by atoms with Gasteiger partial charge in [-0.25, -0.2) is 0 Å². The average molecular weight is 365 g/mol. The molecular formula is C20H19N3O2S. The predicted molar refractivity (Wildman–Crippen MR) is 104 cm³/mol. The zero-order valence-corrected chi connectivity index (χ0v) is 15.5. The molecule has 5 nitrogen and oxygen atoms in total. The molecular weight excluding hydrogens is 346 g/mol. The number of aromatic nitrogens is 3. The van der Waals surface area contributed by atoms with E-state index in [1.165, 1.54) is 11.8 Å². The summed E-state index contributed by atoms with van der Waals surface area (Å²) in [4.78, 5) is 3.22. The van der Waals surface area contributed by atoms with Crippen LogP contribution in [0.15, 0.2) is 58.3 Å². The van der Waals surface area contributed by atoms with Gasteiger partial charge >= 0.3 is 0 Å². The third-order valence-corrected chi connectivity index (χ3v) is 4.97. The van der Waals surface area contributed by atoms with Crippen molar-refractivity contribution >= 4 is 22.7 Å². The lowest BCUT2D eigenvalue weighted by Crippen LogP contribution is -2.02. The molecule has 0 aliphatic heterocycles. The topological polar surface area (TPSA) is 63.9 Å². The highest BCUT2D eigenvalue weighted by atomic mass is 32.2. The van der Waals surface area contributed by atoms with Crippen molar-refractivity contribution in [3.63, 3.8) is 0 Å². The Labute approximate surface area is 155 Å². The smallest absolute Gasteiger partial charge is 0.276 e. The van der Waals surface area contributed by atoms with Crippen LogP contribution in [0.3, 0.4) is 0 Å². The monoisotopic (exact) mass is 365 g/mol. The Morgan fingerprint density at radius 1 is 1.04 bits per heavy atom. The van der Waals surface area contributed by atoms with Gasteiger partial charge in [0.05, 0.1) is 12.2 Å².